The largest absolute Gasteiger partial charge is 0.416 e. The van der Waals surface area contributed by atoms with Crippen LogP contribution in [0.15, 0.2) is 54.6 Å². The molecule has 0 heterocycles. The van der Waals surface area contributed by atoms with Crippen molar-refractivity contribution in [2.75, 3.05) is 6.54 Å². The molecule has 2 aromatic carbocycles. The molecule has 0 unspecified atom stereocenters. The topological polar surface area (TPSA) is 29.1 Å². The standard InChI is InChI=1S/C18H14F3NO/c19-18(20,21)16-9-6-15(7-10-16)8-11-17(23)22-13-12-14-4-2-1-3-5-14/h1-7,9-10H,12-13H2,(H,22,23). The minimum Gasteiger partial charge on any atom is -0.345 e. The van der Waals surface area contributed by atoms with E-state index in [0.717, 1.165) is 17.7 Å². The van der Waals surface area contributed by atoms with Crippen LogP contribution in [-0.4, -0.2) is 12.5 Å². The Kier molecular flexibility index (Phi) is 5.42. The summed E-state index contributed by atoms with van der Waals surface area (Å²) in [6.45, 7) is 0.449. The minimum atomic E-state index is -4.37. The molecule has 5 heteroatoms. The van der Waals surface area contributed by atoms with Gasteiger partial charge in [0, 0.05) is 18.0 Å². The maximum atomic E-state index is 12.4. The van der Waals surface area contributed by atoms with Crippen molar-refractivity contribution in [3.05, 3.63) is 71.3 Å². The van der Waals surface area contributed by atoms with E-state index in [4.69, 9.17) is 0 Å². The highest BCUT2D eigenvalue weighted by atomic mass is 19.4. The molecule has 2 nitrogen and oxygen atoms in total. The fraction of sp³-hybridized carbons (Fsp3) is 0.167. The summed E-state index contributed by atoms with van der Waals surface area (Å²) in [7, 11) is 0. The third-order valence-electron chi connectivity index (χ3n) is 3.07. The van der Waals surface area contributed by atoms with Crippen molar-refractivity contribution in [1.82, 2.24) is 5.32 Å². The third-order valence-corrected chi connectivity index (χ3v) is 3.07. The molecule has 0 saturated heterocycles. The van der Waals surface area contributed by atoms with E-state index in [9.17, 15) is 18.0 Å². The third kappa shape index (κ3) is 5.51. The molecular weight excluding hydrogens is 303 g/mol. The van der Waals surface area contributed by atoms with Gasteiger partial charge in [0.1, 0.15) is 0 Å². The second-order valence-corrected chi connectivity index (χ2v) is 4.82. The van der Waals surface area contributed by atoms with Gasteiger partial charge in [0.15, 0.2) is 0 Å². The summed E-state index contributed by atoms with van der Waals surface area (Å²) in [5.41, 5.74) is 0.718. The van der Waals surface area contributed by atoms with Crippen LogP contribution in [0.25, 0.3) is 0 Å². The van der Waals surface area contributed by atoms with Gasteiger partial charge in [0.25, 0.3) is 5.91 Å². The highest BCUT2D eigenvalue weighted by Crippen LogP contribution is 2.28. The number of benzene rings is 2. The fourth-order valence-electron chi connectivity index (χ4n) is 1.88. The van der Waals surface area contributed by atoms with Crippen molar-refractivity contribution in [3.63, 3.8) is 0 Å². The second kappa shape index (κ2) is 7.50. The first-order valence-electron chi connectivity index (χ1n) is 6.96. The van der Waals surface area contributed by atoms with E-state index < -0.39 is 17.6 Å². The molecule has 0 aromatic heterocycles. The summed E-state index contributed by atoms with van der Waals surface area (Å²) >= 11 is 0. The van der Waals surface area contributed by atoms with Gasteiger partial charge >= 0.3 is 6.18 Å². The Balaban J connectivity index is 1.85. The number of alkyl halides is 3. The van der Waals surface area contributed by atoms with Gasteiger partial charge in [-0.3, -0.25) is 4.79 Å². The lowest BCUT2D eigenvalue weighted by molar-refractivity contribution is -0.137. The van der Waals surface area contributed by atoms with Crippen molar-refractivity contribution in [2.24, 2.45) is 0 Å². The number of halogens is 3. The molecule has 2 rings (SSSR count). The number of carbonyl (C=O) groups is 1. The average Bonchev–Trinajstić information content (AvgIpc) is 2.53. The normalized spacial score (nSPS) is 10.6. The number of hydrogen-bond acceptors (Lipinski definition) is 1. The van der Waals surface area contributed by atoms with Gasteiger partial charge in [-0.15, -0.1) is 0 Å². The van der Waals surface area contributed by atoms with E-state index in [1.807, 2.05) is 30.3 Å². The summed E-state index contributed by atoms with van der Waals surface area (Å²) < 4.78 is 37.2. The quantitative estimate of drug-likeness (QED) is 0.864. The zero-order chi connectivity index (χ0) is 16.7. The van der Waals surface area contributed by atoms with Crippen molar-refractivity contribution in [2.45, 2.75) is 12.6 Å². The first kappa shape index (κ1) is 16.6. The number of rotatable bonds is 3. The van der Waals surface area contributed by atoms with Crippen molar-refractivity contribution in [3.8, 4) is 11.8 Å². The van der Waals surface area contributed by atoms with E-state index in [2.05, 4.69) is 17.2 Å². The minimum absolute atomic E-state index is 0.358. The highest BCUT2D eigenvalue weighted by molar-refractivity contribution is 5.94. The number of carbonyl (C=O) groups excluding carboxylic acids is 1. The predicted octanol–water partition coefficient (Wildman–Crippen LogP) is 3.42. The molecule has 0 spiro atoms. The van der Waals surface area contributed by atoms with E-state index in [-0.39, 0.29) is 0 Å². The molecule has 0 atom stereocenters. The predicted molar refractivity (Wildman–Crippen MR) is 81.5 cm³/mol. The Morgan fingerprint density at radius 3 is 2.26 bits per heavy atom. The van der Waals surface area contributed by atoms with Gasteiger partial charge in [0.05, 0.1) is 5.56 Å². The molecule has 0 aliphatic rings. The van der Waals surface area contributed by atoms with Crippen LogP contribution in [0, 0.1) is 11.8 Å². The molecule has 0 bridgehead atoms. The van der Waals surface area contributed by atoms with Crippen LogP contribution in [0.1, 0.15) is 16.7 Å². The molecule has 118 valence electrons. The van der Waals surface area contributed by atoms with Crippen LogP contribution < -0.4 is 5.32 Å². The summed E-state index contributed by atoms with van der Waals surface area (Å²) in [5.74, 6) is 4.45. The summed E-state index contributed by atoms with van der Waals surface area (Å²) in [5, 5.41) is 2.64. The molecule has 1 N–H and O–H groups in total. The first-order chi connectivity index (χ1) is 10.9. The highest BCUT2D eigenvalue weighted by Gasteiger charge is 2.29. The van der Waals surface area contributed by atoms with E-state index in [0.29, 0.717) is 18.5 Å². The summed E-state index contributed by atoms with van der Waals surface area (Å²) in [4.78, 5) is 11.6. The lowest BCUT2D eigenvalue weighted by Crippen LogP contribution is -2.23. The van der Waals surface area contributed by atoms with Gasteiger partial charge in [-0.05, 0) is 36.2 Å². The van der Waals surface area contributed by atoms with Crippen LogP contribution in [-0.2, 0) is 17.4 Å². The van der Waals surface area contributed by atoms with Gasteiger partial charge in [0.2, 0.25) is 0 Å². The van der Waals surface area contributed by atoms with Gasteiger partial charge < -0.3 is 5.32 Å². The SMILES string of the molecule is O=C(C#Cc1ccc(C(F)(F)F)cc1)NCCc1ccccc1. The molecule has 23 heavy (non-hydrogen) atoms. The molecule has 0 fully saturated rings. The lowest BCUT2D eigenvalue weighted by atomic mass is 10.1. The van der Waals surface area contributed by atoms with Crippen LogP contribution in [0.2, 0.25) is 0 Å². The zero-order valence-electron chi connectivity index (χ0n) is 12.2. The van der Waals surface area contributed by atoms with Crippen LogP contribution in [0.3, 0.4) is 0 Å². The molecular formula is C18H14F3NO. The number of amides is 1. The van der Waals surface area contributed by atoms with Crippen LogP contribution in [0.5, 0.6) is 0 Å². The van der Waals surface area contributed by atoms with Crippen LogP contribution in [0.4, 0.5) is 13.2 Å². The Bertz CT molecular complexity index is 710. The van der Waals surface area contributed by atoms with Gasteiger partial charge in [-0.2, -0.15) is 13.2 Å². The van der Waals surface area contributed by atoms with Crippen molar-refractivity contribution >= 4 is 5.91 Å². The fourth-order valence-corrected chi connectivity index (χ4v) is 1.88. The maximum Gasteiger partial charge on any atom is 0.416 e. The van der Waals surface area contributed by atoms with Crippen molar-refractivity contribution in [1.29, 1.82) is 0 Å². The van der Waals surface area contributed by atoms with Gasteiger partial charge in [-0.1, -0.05) is 36.3 Å². The smallest absolute Gasteiger partial charge is 0.345 e. The molecule has 0 aliphatic carbocycles. The Morgan fingerprint density at radius 2 is 1.65 bits per heavy atom. The van der Waals surface area contributed by atoms with Gasteiger partial charge in [-0.25, -0.2) is 0 Å². The van der Waals surface area contributed by atoms with E-state index in [1.165, 1.54) is 12.1 Å². The molecule has 0 radical (unpaired) electrons. The molecule has 0 aliphatic heterocycles. The average molecular weight is 317 g/mol. The summed E-state index contributed by atoms with van der Waals surface area (Å²) in [6.07, 6.45) is -3.69. The van der Waals surface area contributed by atoms with E-state index in [1.54, 1.807) is 0 Å². The van der Waals surface area contributed by atoms with Crippen molar-refractivity contribution < 1.29 is 18.0 Å². The maximum absolute atomic E-state index is 12.4. The molecule has 0 saturated carbocycles. The lowest BCUT2D eigenvalue weighted by Gasteiger charge is -2.05. The Labute approximate surface area is 132 Å². The Hall–Kier alpha value is -2.74. The molecule has 2 aromatic rings. The molecule has 1 amide bonds. The monoisotopic (exact) mass is 317 g/mol. The Morgan fingerprint density at radius 1 is 1.00 bits per heavy atom. The second-order valence-electron chi connectivity index (χ2n) is 4.82. The first-order valence-corrected chi connectivity index (χ1v) is 6.96. The van der Waals surface area contributed by atoms with E-state index >= 15 is 0 Å². The summed E-state index contributed by atoms with van der Waals surface area (Å²) in [6, 6.07) is 14.0. The number of hydrogen-bond donors (Lipinski definition) is 1. The number of nitrogens with one attached hydrogen (secondary N) is 1. The zero-order valence-corrected chi connectivity index (χ0v) is 12.2. The van der Waals surface area contributed by atoms with Crippen LogP contribution >= 0.6 is 0 Å².